The molecule has 0 spiro atoms. The minimum absolute atomic E-state index is 0.105. The molecule has 0 saturated carbocycles. The second-order valence-corrected chi connectivity index (χ2v) is 5.38. The van der Waals surface area contributed by atoms with Crippen molar-refractivity contribution in [2.75, 3.05) is 0 Å². The Labute approximate surface area is 132 Å². The number of allylic oxidation sites excluding steroid dienone is 2. The molecule has 0 fully saturated rings. The molecule has 0 bridgehead atoms. The first-order chi connectivity index (χ1) is 10.8. The molecule has 0 radical (unpaired) electrons. The molecule has 1 aliphatic rings. The van der Waals surface area contributed by atoms with Crippen LogP contribution in [0.15, 0.2) is 78.5 Å². The van der Waals surface area contributed by atoms with Gasteiger partial charge in [-0.15, -0.1) is 0 Å². The van der Waals surface area contributed by atoms with E-state index in [0.29, 0.717) is 0 Å². The largest absolute Gasteiger partial charge is 0.297 e. The van der Waals surface area contributed by atoms with Crippen LogP contribution in [-0.4, -0.2) is 4.90 Å². The van der Waals surface area contributed by atoms with Crippen molar-refractivity contribution in [2.24, 2.45) is 0 Å². The average molecular weight is 285 g/mol. The lowest BCUT2D eigenvalue weighted by molar-refractivity contribution is 0.454. The van der Waals surface area contributed by atoms with Gasteiger partial charge >= 0.3 is 0 Å². The summed E-state index contributed by atoms with van der Waals surface area (Å²) < 4.78 is 0. The molecule has 1 heteroatoms. The molecular weight excluding hydrogens is 266 g/mol. The van der Waals surface area contributed by atoms with Gasteiger partial charge in [0.05, 0.1) is 6.04 Å². The van der Waals surface area contributed by atoms with Gasteiger partial charge in [0.15, 0.2) is 0 Å². The number of benzene rings is 2. The van der Waals surface area contributed by atoms with E-state index in [1.54, 1.807) is 0 Å². The number of nitrogens with zero attached hydrogens (tertiary/aromatic N) is 1. The summed E-state index contributed by atoms with van der Waals surface area (Å²) in [6.07, 6.45) is 13.0. The molecule has 0 saturated heterocycles. The van der Waals surface area contributed by atoms with Gasteiger partial charge in [-0.25, -0.2) is 0 Å². The second-order valence-electron chi connectivity index (χ2n) is 5.38. The maximum atomic E-state index is 5.66. The molecule has 0 aliphatic carbocycles. The van der Waals surface area contributed by atoms with Gasteiger partial charge in [0.2, 0.25) is 0 Å². The normalized spacial score (nSPS) is 17.0. The lowest BCUT2D eigenvalue weighted by Gasteiger charge is -2.27. The number of terminal acetylenes is 1. The highest BCUT2D eigenvalue weighted by atomic mass is 15.1. The van der Waals surface area contributed by atoms with E-state index < -0.39 is 0 Å². The lowest BCUT2D eigenvalue weighted by Crippen LogP contribution is -2.19. The summed E-state index contributed by atoms with van der Waals surface area (Å²) in [5, 5.41) is 0. The number of hydrogen-bond donors (Lipinski definition) is 0. The molecule has 2 aromatic rings. The Kier molecular flexibility index (Phi) is 4.12. The molecule has 1 nitrogen and oxygen atoms in total. The minimum Gasteiger partial charge on any atom is -0.297 e. The van der Waals surface area contributed by atoms with E-state index in [4.69, 9.17) is 6.42 Å². The molecule has 1 heterocycles. The molecule has 108 valence electrons. The smallest absolute Gasteiger partial charge is 0.0855 e. The Morgan fingerprint density at radius 2 is 1.82 bits per heavy atom. The summed E-state index contributed by atoms with van der Waals surface area (Å²) in [6.45, 7) is 2.17. The van der Waals surface area contributed by atoms with Crippen molar-refractivity contribution in [3.63, 3.8) is 0 Å². The van der Waals surface area contributed by atoms with E-state index in [1.165, 1.54) is 22.3 Å². The van der Waals surface area contributed by atoms with Crippen LogP contribution in [0.25, 0.3) is 11.1 Å². The fourth-order valence-corrected chi connectivity index (χ4v) is 2.76. The molecule has 0 aromatic heterocycles. The maximum Gasteiger partial charge on any atom is 0.0855 e. The fourth-order valence-electron chi connectivity index (χ4n) is 2.76. The molecule has 3 rings (SSSR count). The number of hydrogen-bond acceptors (Lipinski definition) is 1. The molecule has 22 heavy (non-hydrogen) atoms. The third-order valence-corrected chi connectivity index (χ3v) is 4.01. The van der Waals surface area contributed by atoms with E-state index in [2.05, 4.69) is 73.7 Å². The predicted molar refractivity (Wildman–Crippen MR) is 92.8 cm³/mol. The Morgan fingerprint density at radius 1 is 1.05 bits per heavy atom. The molecule has 1 atom stereocenters. The van der Waals surface area contributed by atoms with Crippen LogP contribution in [-0.2, 0) is 0 Å². The van der Waals surface area contributed by atoms with Crippen molar-refractivity contribution in [1.29, 1.82) is 0 Å². The first kappa shape index (κ1) is 14.2. The van der Waals surface area contributed by atoms with Crippen LogP contribution in [0.1, 0.15) is 24.9 Å². The highest BCUT2D eigenvalue weighted by molar-refractivity contribution is 5.64. The van der Waals surface area contributed by atoms with Crippen molar-refractivity contribution >= 4 is 0 Å². The third kappa shape index (κ3) is 2.82. The van der Waals surface area contributed by atoms with E-state index in [1.807, 2.05) is 17.2 Å². The Morgan fingerprint density at radius 3 is 2.55 bits per heavy atom. The Balaban J connectivity index is 2.00. The zero-order valence-electron chi connectivity index (χ0n) is 12.7. The summed E-state index contributed by atoms with van der Waals surface area (Å²) in [6, 6.07) is 21.9. The van der Waals surface area contributed by atoms with E-state index >= 15 is 0 Å². The van der Waals surface area contributed by atoms with Gasteiger partial charge in [0.1, 0.15) is 0 Å². The standard InChI is InChI=1S/C21H19N/c1-3-17-13-14-22(4-2)21(15-17)20-12-8-11-19(16-20)18-9-6-5-7-10-18/h2,5-16,21H,3H2,1H3. The monoisotopic (exact) mass is 285 g/mol. The van der Waals surface area contributed by atoms with Crippen LogP contribution in [0.3, 0.4) is 0 Å². The zero-order chi connectivity index (χ0) is 15.4. The van der Waals surface area contributed by atoms with Crippen molar-refractivity contribution in [1.82, 2.24) is 4.90 Å². The van der Waals surface area contributed by atoms with Gasteiger partial charge in [-0.3, -0.25) is 4.90 Å². The second kappa shape index (κ2) is 6.37. The van der Waals surface area contributed by atoms with Gasteiger partial charge < -0.3 is 0 Å². The zero-order valence-corrected chi connectivity index (χ0v) is 12.7. The van der Waals surface area contributed by atoms with Crippen LogP contribution >= 0.6 is 0 Å². The Hall–Kier alpha value is -2.72. The van der Waals surface area contributed by atoms with Crippen molar-refractivity contribution in [3.8, 4) is 23.6 Å². The quantitative estimate of drug-likeness (QED) is 0.705. The van der Waals surface area contributed by atoms with Gasteiger partial charge in [0, 0.05) is 12.2 Å². The van der Waals surface area contributed by atoms with Crippen LogP contribution in [0.4, 0.5) is 0 Å². The van der Waals surface area contributed by atoms with E-state index in [-0.39, 0.29) is 6.04 Å². The average Bonchev–Trinajstić information content (AvgIpc) is 2.62. The van der Waals surface area contributed by atoms with E-state index in [9.17, 15) is 0 Å². The molecule has 0 amide bonds. The molecular formula is C21H19N. The van der Waals surface area contributed by atoms with Gasteiger partial charge in [-0.1, -0.05) is 68.0 Å². The first-order valence-electron chi connectivity index (χ1n) is 7.60. The van der Waals surface area contributed by atoms with E-state index in [0.717, 1.165) is 6.42 Å². The highest BCUT2D eigenvalue weighted by Gasteiger charge is 2.18. The van der Waals surface area contributed by atoms with Crippen LogP contribution in [0, 0.1) is 12.5 Å². The lowest BCUT2D eigenvalue weighted by atomic mass is 9.95. The van der Waals surface area contributed by atoms with Crippen LogP contribution < -0.4 is 0 Å². The summed E-state index contributed by atoms with van der Waals surface area (Å²) in [4.78, 5) is 1.92. The maximum absolute atomic E-state index is 5.66. The van der Waals surface area contributed by atoms with Crippen molar-refractivity contribution in [3.05, 3.63) is 84.1 Å². The van der Waals surface area contributed by atoms with Gasteiger partial charge in [0.25, 0.3) is 0 Å². The topological polar surface area (TPSA) is 3.24 Å². The minimum atomic E-state index is 0.105. The summed E-state index contributed by atoms with van der Waals surface area (Å²) in [7, 11) is 0. The number of rotatable bonds is 3. The van der Waals surface area contributed by atoms with Crippen molar-refractivity contribution < 1.29 is 0 Å². The predicted octanol–water partition coefficient (Wildman–Crippen LogP) is 5.15. The Bertz CT molecular complexity index is 747. The summed E-state index contributed by atoms with van der Waals surface area (Å²) in [5.74, 6) is 0. The van der Waals surface area contributed by atoms with Crippen LogP contribution in [0.2, 0.25) is 0 Å². The molecule has 0 N–H and O–H groups in total. The highest BCUT2D eigenvalue weighted by Crippen LogP contribution is 2.31. The van der Waals surface area contributed by atoms with Crippen LogP contribution in [0.5, 0.6) is 0 Å². The third-order valence-electron chi connectivity index (χ3n) is 4.01. The van der Waals surface area contributed by atoms with Gasteiger partial charge in [-0.05, 0) is 40.8 Å². The van der Waals surface area contributed by atoms with Gasteiger partial charge in [-0.2, -0.15) is 0 Å². The molecule has 2 aromatic carbocycles. The SMILES string of the molecule is C#CN1C=CC(CC)=CC1c1cccc(-c2ccccc2)c1. The summed E-state index contributed by atoms with van der Waals surface area (Å²) in [5.41, 5.74) is 4.98. The summed E-state index contributed by atoms with van der Waals surface area (Å²) >= 11 is 0. The first-order valence-corrected chi connectivity index (χ1v) is 7.60. The van der Waals surface area contributed by atoms with Crippen molar-refractivity contribution in [2.45, 2.75) is 19.4 Å². The fraction of sp³-hybridized carbons (Fsp3) is 0.143. The molecule has 1 aliphatic heterocycles. The molecule has 1 unspecified atom stereocenters.